The number of ether oxygens (including phenoxy) is 1. The van der Waals surface area contributed by atoms with Crippen molar-refractivity contribution in [2.45, 2.75) is 32.4 Å². The second-order valence-electron chi connectivity index (χ2n) is 5.36. The Kier molecular flexibility index (Phi) is 6.42. The standard InChI is InChI=1S/C15H21FN2O2.ClH/c1-9-6-7-17-10(2)14(9)18-15(19)11-4-5-12(16)13(8-11)20-3;/h4-5,8-10,14,17H,6-7H2,1-3H3,(H,18,19);1H. The molecule has 1 aliphatic rings. The van der Waals surface area contributed by atoms with Crippen molar-refractivity contribution in [2.75, 3.05) is 13.7 Å². The Bertz CT molecular complexity index is 489. The number of hydrogen-bond acceptors (Lipinski definition) is 3. The molecule has 0 bridgehead atoms. The lowest BCUT2D eigenvalue weighted by molar-refractivity contribution is 0.0897. The van der Waals surface area contributed by atoms with E-state index in [2.05, 4.69) is 24.5 Å². The van der Waals surface area contributed by atoms with Crippen molar-refractivity contribution >= 4 is 18.3 Å². The summed E-state index contributed by atoms with van der Waals surface area (Å²) in [5.41, 5.74) is 0.410. The Labute approximate surface area is 130 Å². The molecule has 1 amide bonds. The lowest BCUT2D eigenvalue weighted by Gasteiger charge is -2.36. The first kappa shape index (κ1) is 17.7. The zero-order valence-corrected chi connectivity index (χ0v) is 13.3. The van der Waals surface area contributed by atoms with Gasteiger partial charge in [0.15, 0.2) is 11.6 Å². The maximum absolute atomic E-state index is 13.3. The molecule has 2 rings (SSSR count). The summed E-state index contributed by atoms with van der Waals surface area (Å²) < 4.78 is 18.3. The molecule has 1 aromatic carbocycles. The summed E-state index contributed by atoms with van der Waals surface area (Å²) in [7, 11) is 1.38. The third-order valence-corrected chi connectivity index (χ3v) is 3.93. The van der Waals surface area contributed by atoms with Crippen LogP contribution in [-0.2, 0) is 0 Å². The molecule has 0 spiro atoms. The Morgan fingerprint density at radius 3 is 2.76 bits per heavy atom. The van der Waals surface area contributed by atoms with Gasteiger partial charge in [-0.05, 0) is 44.0 Å². The zero-order chi connectivity index (χ0) is 14.7. The number of carbonyl (C=O) groups is 1. The average molecular weight is 317 g/mol. The molecule has 4 nitrogen and oxygen atoms in total. The largest absolute Gasteiger partial charge is 0.494 e. The quantitative estimate of drug-likeness (QED) is 0.900. The van der Waals surface area contributed by atoms with E-state index in [4.69, 9.17) is 4.74 Å². The molecule has 1 heterocycles. The summed E-state index contributed by atoms with van der Waals surface area (Å²) in [6.07, 6.45) is 1.03. The summed E-state index contributed by atoms with van der Waals surface area (Å²) in [5, 5.41) is 6.38. The normalized spacial score (nSPS) is 24.9. The molecule has 0 aliphatic carbocycles. The second kappa shape index (κ2) is 7.61. The summed E-state index contributed by atoms with van der Waals surface area (Å²) >= 11 is 0. The van der Waals surface area contributed by atoms with Crippen LogP contribution in [0.25, 0.3) is 0 Å². The van der Waals surface area contributed by atoms with Gasteiger partial charge in [-0.2, -0.15) is 0 Å². The van der Waals surface area contributed by atoms with Gasteiger partial charge in [-0.1, -0.05) is 6.92 Å². The summed E-state index contributed by atoms with van der Waals surface area (Å²) in [6, 6.07) is 4.45. The van der Waals surface area contributed by atoms with Crippen LogP contribution in [0.15, 0.2) is 18.2 Å². The van der Waals surface area contributed by atoms with Crippen molar-refractivity contribution in [1.82, 2.24) is 10.6 Å². The molecule has 1 aliphatic heterocycles. The first-order chi connectivity index (χ1) is 9.52. The van der Waals surface area contributed by atoms with Crippen molar-refractivity contribution in [2.24, 2.45) is 5.92 Å². The van der Waals surface area contributed by atoms with Gasteiger partial charge in [-0.15, -0.1) is 12.4 Å². The van der Waals surface area contributed by atoms with Gasteiger partial charge in [0.25, 0.3) is 5.91 Å². The van der Waals surface area contributed by atoms with Crippen LogP contribution in [0.3, 0.4) is 0 Å². The topological polar surface area (TPSA) is 50.4 Å². The average Bonchev–Trinajstić information content (AvgIpc) is 2.43. The van der Waals surface area contributed by atoms with E-state index in [1.807, 2.05) is 0 Å². The van der Waals surface area contributed by atoms with E-state index >= 15 is 0 Å². The molecular weight excluding hydrogens is 295 g/mol. The number of carbonyl (C=O) groups excluding carboxylic acids is 1. The monoisotopic (exact) mass is 316 g/mol. The number of rotatable bonds is 3. The van der Waals surface area contributed by atoms with Gasteiger partial charge in [0, 0.05) is 17.6 Å². The second-order valence-corrected chi connectivity index (χ2v) is 5.36. The van der Waals surface area contributed by atoms with Gasteiger partial charge >= 0.3 is 0 Å². The Hall–Kier alpha value is -1.33. The van der Waals surface area contributed by atoms with Gasteiger partial charge < -0.3 is 15.4 Å². The predicted molar refractivity (Wildman–Crippen MR) is 82.7 cm³/mol. The highest BCUT2D eigenvalue weighted by Crippen LogP contribution is 2.20. The van der Waals surface area contributed by atoms with Crippen LogP contribution in [-0.4, -0.2) is 31.6 Å². The lowest BCUT2D eigenvalue weighted by atomic mass is 9.89. The molecule has 0 saturated carbocycles. The van der Waals surface area contributed by atoms with Crippen molar-refractivity contribution in [3.8, 4) is 5.75 Å². The zero-order valence-electron chi connectivity index (χ0n) is 12.5. The minimum absolute atomic E-state index is 0. The van der Waals surface area contributed by atoms with Crippen LogP contribution in [0.1, 0.15) is 30.6 Å². The molecule has 2 N–H and O–H groups in total. The van der Waals surface area contributed by atoms with E-state index in [0.29, 0.717) is 11.5 Å². The summed E-state index contributed by atoms with van der Waals surface area (Å²) in [5.74, 6) is -0.168. The number of piperidine rings is 1. The van der Waals surface area contributed by atoms with Crippen LogP contribution < -0.4 is 15.4 Å². The molecule has 3 atom stereocenters. The number of methoxy groups -OCH3 is 1. The van der Waals surface area contributed by atoms with E-state index in [9.17, 15) is 9.18 Å². The maximum Gasteiger partial charge on any atom is 0.251 e. The fraction of sp³-hybridized carbons (Fsp3) is 0.533. The number of nitrogens with one attached hydrogen (secondary N) is 2. The highest BCUT2D eigenvalue weighted by atomic mass is 35.5. The molecule has 1 fully saturated rings. The van der Waals surface area contributed by atoms with E-state index < -0.39 is 5.82 Å². The van der Waals surface area contributed by atoms with E-state index in [0.717, 1.165) is 13.0 Å². The predicted octanol–water partition coefficient (Wildman–Crippen LogP) is 2.37. The molecule has 118 valence electrons. The highest BCUT2D eigenvalue weighted by Gasteiger charge is 2.29. The van der Waals surface area contributed by atoms with Gasteiger partial charge in [-0.25, -0.2) is 4.39 Å². The SMILES string of the molecule is COc1cc(C(=O)NC2C(C)CCNC2C)ccc1F.Cl. The summed E-state index contributed by atoms with van der Waals surface area (Å²) in [6.45, 7) is 5.17. The van der Waals surface area contributed by atoms with Crippen molar-refractivity contribution < 1.29 is 13.9 Å². The van der Waals surface area contributed by atoms with Gasteiger partial charge in [0.2, 0.25) is 0 Å². The minimum atomic E-state index is -0.467. The number of halogens is 2. The maximum atomic E-state index is 13.3. The Morgan fingerprint density at radius 2 is 2.14 bits per heavy atom. The molecule has 1 saturated heterocycles. The molecule has 1 aromatic rings. The summed E-state index contributed by atoms with van der Waals surface area (Å²) in [4.78, 5) is 12.3. The van der Waals surface area contributed by atoms with Crippen LogP contribution in [0.2, 0.25) is 0 Å². The number of benzene rings is 1. The van der Waals surface area contributed by atoms with Crippen molar-refractivity contribution in [3.63, 3.8) is 0 Å². The Morgan fingerprint density at radius 1 is 1.43 bits per heavy atom. The molecular formula is C15H22ClFN2O2. The molecule has 0 aromatic heterocycles. The van der Waals surface area contributed by atoms with E-state index in [-0.39, 0.29) is 36.1 Å². The molecule has 3 unspecified atom stereocenters. The van der Waals surface area contributed by atoms with Crippen LogP contribution in [0.5, 0.6) is 5.75 Å². The van der Waals surface area contributed by atoms with Crippen LogP contribution in [0, 0.1) is 11.7 Å². The fourth-order valence-corrected chi connectivity index (χ4v) is 2.64. The minimum Gasteiger partial charge on any atom is -0.494 e. The fourth-order valence-electron chi connectivity index (χ4n) is 2.64. The van der Waals surface area contributed by atoms with Crippen molar-refractivity contribution in [3.05, 3.63) is 29.6 Å². The van der Waals surface area contributed by atoms with Gasteiger partial charge in [0.1, 0.15) is 0 Å². The lowest BCUT2D eigenvalue weighted by Crippen LogP contribution is -2.55. The smallest absolute Gasteiger partial charge is 0.251 e. The number of amides is 1. The van der Waals surface area contributed by atoms with E-state index in [1.54, 1.807) is 0 Å². The van der Waals surface area contributed by atoms with Crippen LogP contribution >= 0.6 is 12.4 Å². The first-order valence-electron chi connectivity index (χ1n) is 6.90. The van der Waals surface area contributed by atoms with Gasteiger partial charge in [0.05, 0.1) is 7.11 Å². The van der Waals surface area contributed by atoms with Crippen molar-refractivity contribution in [1.29, 1.82) is 0 Å². The highest BCUT2D eigenvalue weighted by molar-refractivity contribution is 5.94. The third kappa shape index (κ3) is 4.08. The van der Waals surface area contributed by atoms with E-state index in [1.165, 1.54) is 25.3 Å². The third-order valence-electron chi connectivity index (χ3n) is 3.93. The number of hydrogen-bond donors (Lipinski definition) is 2. The van der Waals surface area contributed by atoms with Crippen LogP contribution in [0.4, 0.5) is 4.39 Å². The molecule has 6 heteroatoms. The molecule has 21 heavy (non-hydrogen) atoms. The van der Waals surface area contributed by atoms with Gasteiger partial charge in [-0.3, -0.25) is 4.79 Å². The first-order valence-corrected chi connectivity index (χ1v) is 6.90. The molecule has 0 radical (unpaired) electrons. The Balaban J connectivity index is 0.00000220.